The molecule has 1 aromatic heterocycles. The second kappa shape index (κ2) is 11.7. The Morgan fingerprint density at radius 1 is 1.14 bits per heavy atom. The summed E-state index contributed by atoms with van der Waals surface area (Å²) >= 11 is 0. The average Bonchev–Trinajstić information content (AvgIpc) is 3.70. The third kappa shape index (κ3) is 6.29. The summed E-state index contributed by atoms with van der Waals surface area (Å²) in [6.45, 7) is 8.84. The number of aromatic nitrogens is 1. The Kier molecular flexibility index (Phi) is 8.68. The summed E-state index contributed by atoms with van der Waals surface area (Å²) in [5.74, 6) is 1.06. The number of pyridine rings is 1. The van der Waals surface area contributed by atoms with Crippen LogP contribution in [0.4, 0.5) is 15.9 Å². The number of hydrogen-bond acceptors (Lipinski definition) is 5. The van der Waals surface area contributed by atoms with Gasteiger partial charge in [-0.1, -0.05) is 32.0 Å². The number of nitrogens with two attached hydrogens (primary N) is 2. The van der Waals surface area contributed by atoms with Crippen LogP contribution >= 0.6 is 0 Å². The van der Waals surface area contributed by atoms with Crippen molar-refractivity contribution in [1.82, 2.24) is 9.88 Å². The lowest BCUT2D eigenvalue weighted by molar-refractivity contribution is -0.119. The van der Waals surface area contributed by atoms with Gasteiger partial charge in [-0.3, -0.25) is 4.79 Å². The largest absolute Gasteiger partial charge is 0.491 e. The molecule has 0 bridgehead atoms. The number of carbonyl (C=O) groups excluding carboxylic acids is 1. The molecular weight excluding hydrogens is 443 g/mol. The number of benzene rings is 2. The molecule has 0 unspecified atom stereocenters. The van der Waals surface area contributed by atoms with Crippen LogP contribution in [0.1, 0.15) is 54.9 Å². The van der Waals surface area contributed by atoms with Crippen LogP contribution in [0.2, 0.25) is 0 Å². The molecule has 186 valence electrons. The molecule has 1 heterocycles. The molecule has 3 aromatic rings. The fourth-order valence-corrected chi connectivity index (χ4v) is 3.92. The molecule has 1 aliphatic rings. The highest BCUT2D eigenvalue weighted by Crippen LogP contribution is 2.42. The van der Waals surface area contributed by atoms with Crippen molar-refractivity contribution in [2.45, 2.75) is 53.0 Å². The molecule has 6 nitrogen and oxygen atoms in total. The van der Waals surface area contributed by atoms with Crippen molar-refractivity contribution < 1.29 is 13.9 Å². The summed E-state index contributed by atoms with van der Waals surface area (Å²) in [6.07, 6.45) is 4.64. The fraction of sp³-hybridized carbons (Fsp3) is 0.357. The van der Waals surface area contributed by atoms with Crippen LogP contribution in [0.25, 0.3) is 11.1 Å². The highest BCUT2D eigenvalue weighted by molar-refractivity contribution is 5.82. The van der Waals surface area contributed by atoms with Gasteiger partial charge < -0.3 is 21.1 Å². The molecule has 1 aliphatic carbocycles. The number of nitrogen functional groups attached to an aromatic ring is 2. The van der Waals surface area contributed by atoms with Gasteiger partial charge in [0.1, 0.15) is 24.0 Å². The monoisotopic (exact) mass is 478 g/mol. The predicted octanol–water partition coefficient (Wildman–Crippen LogP) is 5.61. The first-order valence-electron chi connectivity index (χ1n) is 12.1. The summed E-state index contributed by atoms with van der Waals surface area (Å²) in [4.78, 5) is 17.3. The Balaban J connectivity index is 0.00000167. The van der Waals surface area contributed by atoms with Crippen LogP contribution in [0.15, 0.2) is 42.6 Å². The minimum Gasteiger partial charge on any atom is -0.491 e. The standard InChI is InChI=1S/C26H29FN4O2.C2H6/c1-16-11-19(22-7-8-30-26(29)25(22)28)5-6-20(16)14-31(15-32)9-10-33-24-13-21(18-3-4-18)12-23(27)17(24)2;1-2/h5-8,11-13,15,18H,3-4,9-10,14,28H2,1-2H3,(H2,29,30);1-2H3. The first-order chi connectivity index (χ1) is 16.9. The minimum atomic E-state index is -0.242. The van der Waals surface area contributed by atoms with E-state index >= 15 is 0 Å². The molecule has 0 aliphatic heterocycles. The molecule has 0 saturated heterocycles. The maximum Gasteiger partial charge on any atom is 0.210 e. The van der Waals surface area contributed by atoms with Crippen LogP contribution in [0.5, 0.6) is 5.75 Å². The van der Waals surface area contributed by atoms with Crippen LogP contribution < -0.4 is 16.2 Å². The summed E-state index contributed by atoms with van der Waals surface area (Å²) in [7, 11) is 0. The maximum atomic E-state index is 14.2. The number of ether oxygens (including phenoxy) is 1. The Morgan fingerprint density at radius 3 is 2.54 bits per heavy atom. The molecule has 1 saturated carbocycles. The van der Waals surface area contributed by atoms with Gasteiger partial charge in [-0.15, -0.1) is 0 Å². The summed E-state index contributed by atoms with van der Waals surface area (Å²) in [5, 5.41) is 0. The van der Waals surface area contributed by atoms with Crippen molar-refractivity contribution in [3.8, 4) is 16.9 Å². The highest BCUT2D eigenvalue weighted by Gasteiger charge is 2.25. The van der Waals surface area contributed by atoms with Gasteiger partial charge in [0.05, 0.1) is 12.2 Å². The number of aryl methyl sites for hydroxylation is 1. The van der Waals surface area contributed by atoms with Crippen LogP contribution in [0, 0.1) is 19.7 Å². The lowest BCUT2D eigenvalue weighted by atomic mass is 9.99. The van der Waals surface area contributed by atoms with Crippen molar-refractivity contribution >= 4 is 17.9 Å². The van der Waals surface area contributed by atoms with E-state index in [0.29, 0.717) is 41.8 Å². The lowest BCUT2D eigenvalue weighted by Crippen LogP contribution is -2.27. The minimum absolute atomic E-state index is 0.242. The van der Waals surface area contributed by atoms with Crippen molar-refractivity contribution in [1.29, 1.82) is 0 Å². The molecule has 7 heteroatoms. The van der Waals surface area contributed by atoms with E-state index < -0.39 is 0 Å². The van der Waals surface area contributed by atoms with E-state index in [2.05, 4.69) is 4.98 Å². The number of halogens is 1. The van der Waals surface area contributed by atoms with E-state index in [1.807, 2.05) is 51.1 Å². The SMILES string of the molecule is CC.Cc1cc(-c2ccnc(N)c2N)ccc1CN(C=O)CCOc1cc(C2CC2)cc(F)c1C. The molecule has 2 aromatic carbocycles. The van der Waals surface area contributed by atoms with Gasteiger partial charge in [0.2, 0.25) is 6.41 Å². The molecule has 4 rings (SSSR count). The zero-order valence-electron chi connectivity index (χ0n) is 21.0. The molecule has 0 spiro atoms. The summed E-state index contributed by atoms with van der Waals surface area (Å²) in [5.41, 5.74) is 17.7. The van der Waals surface area contributed by atoms with Crippen molar-refractivity contribution in [3.05, 3.63) is 70.7 Å². The maximum absolute atomic E-state index is 14.2. The van der Waals surface area contributed by atoms with Gasteiger partial charge in [-0.2, -0.15) is 0 Å². The number of carbonyl (C=O) groups is 1. The van der Waals surface area contributed by atoms with Gasteiger partial charge in [0.15, 0.2) is 0 Å². The predicted molar refractivity (Wildman–Crippen MR) is 140 cm³/mol. The summed E-state index contributed by atoms with van der Waals surface area (Å²) in [6, 6.07) is 11.3. The van der Waals surface area contributed by atoms with Crippen molar-refractivity contribution in [2.24, 2.45) is 0 Å². The molecule has 1 fully saturated rings. The second-order valence-electron chi connectivity index (χ2n) is 8.62. The van der Waals surface area contributed by atoms with E-state index in [1.165, 1.54) is 0 Å². The van der Waals surface area contributed by atoms with Crippen molar-refractivity contribution in [2.75, 3.05) is 24.6 Å². The number of nitrogens with zero attached hydrogens (tertiary/aromatic N) is 2. The van der Waals surface area contributed by atoms with Gasteiger partial charge in [0.25, 0.3) is 0 Å². The van der Waals surface area contributed by atoms with Gasteiger partial charge in [-0.25, -0.2) is 9.37 Å². The van der Waals surface area contributed by atoms with E-state index in [0.717, 1.165) is 47.1 Å². The van der Waals surface area contributed by atoms with Crippen LogP contribution in [0.3, 0.4) is 0 Å². The van der Waals surface area contributed by atoms with Gasteiger partial charge in [0, 0.05) is 23.9 Å². The lowest BCUT2D eigenvalue weighted by Gasteiger charge is -2.20. The molecule has 35 heavy (non-hydrogen) atoms. The molecule has 4 N–H and O–H groups in total. The zero-order valence-corrected chi connectivity index (χ0v) is 21.0. The number of amides is 1. The molecular formula is C28H35FN4O2. The summed E-state index contributed by atoms with van der Waals surface area (Å²) < 4.78 is 20.1. The Morgan fingerprint density at radius 2 is 1.89 bits per heavy atom. The number of hydrogen-bond donors (Lipinski definition) is 2. The normalized spacial score (nSPS) is 12.5. The van der Waals surface area contributed by atoms with Gasteiger partial charge >= 0.3 is 0 Å². The molecule has 1 amide bonds. The smallest absolute Gasteiger partial charge is 0.210 e. The second-order valence-corrected chi connectivity index (χ2v) is 8.62. The third-order valence-corrected chi connectivity index (χ3v) is 6.20. The zero-order chi connectivity index (χ0) is 25.5. The topological polar surface area (TPSA) is 94.5 Å². The van der Waals surface area contributed by atoms with E-state index in [1.54, 1.807) is 24.1 Å². The number of anilines is 2. The Hall–Kier alpha value is -3.61. The highest BCUT2D eigenvalue weighted by atomic mass is 19.1. The van der Waals surface area contributed by atoms with Crippen LogP contribution in [-0.2, 0) is 11.3 Å². The average molecular weight is 479 g/mol. The fourth-order valence-electron chi connectivity index (χ4n) is 3.92. The third-order valence-electron chi connectivity index (χ3n) is 6.20. The Labute approximate surface area is 207 Å². The quantitative estimate of drug-likeness (QED) is 0.390. The Bertz CT molecular complexity index is 1180. The van der Waals surface area contributed by atoms with E-state index in [-0.39, 0.29) is 12.4 Å². The molecule has 0 atom stereocenters. The van der Waals surface area contributed by atoms with E-state index in [4.69, 9.17) is 16.2 Å². The first-order valence-corrected chi connectivity index (χ1v) is 12.1. The van der Waals surface area contributed by atoms with Crippen molar-refractivity contribution in [3.63, 3.8) is 0 Å². The van der Waals surface area contributed by atoms with Crippen LogP contribution in [-0.4, -0.2) is 29.4 Å². The molecule has 0 radical (unpaired) electrons. The first kappa shape index (κ1) is 26.0. The number of rotatable bonds is 9. The van der Waals surface area contributed by atoms with E-state index in [9.17, 15) is 9.18 Å². The van der Waals surface area contributed by atoms with Gasteiger partial charge in [-0.05, 0) is 73.1 Å².